The fourth-order valence-electron chi connectivity index (χ4n) is 2.81. The summed E-state index contributed by atoms with van der Waals surface area (Å²) < 4.78 is 1.80. The van der Waals surface area contributed by atoms with E-state index < -0.39 is 5.97 Å². The summed E-state index contributed by atoms with van der Waals surface area (Å²) in [6, 6.07) is 8.05. The minimum Gasteiger partial charge on any atom is -0.476 e. The van der Waals surface area contributed by atoms with Crippen LogP contribution in [0.4, 0.5) is 5.82 Å². The number of fused-ring (bicyclic) bond motifs is 1. The van der Waals surface area contributed by atoms with Crippen LogP contribution in [-0.2, 0) is 0 Å². The molecule has 2 heterocycles. The first kappa shape index (κ1) is 12.7. The maximum absolute atomic E-state index is 11.1. The first-order valence-electron chi connectivity index (χ1n) is 6.70. The number of hydrogen-bond acceptors (Lipinski definition) is 3. The second-order valence-corrected chi connectivity index (χ2v) is 5.26. The highest BCUT2D eigenvalue weighted by Gasteiger charge is 2.25. The van der Waals surface area contributed by atoms with Crippen molar-refractivity contribution in [3.8, 4) is 0 Å². The fraction of sp³-hybridized carbons (Fsp3) is 0.333. The SMILES string of the molecule is Cc1ccc(C2CCNc3cc(C(=O)O)nn32)c(C)c1. The number of nitrogens with zero attached hydrogens (tertiary/aromatic N) is 2. The molecule has 0 saturated heterocycles. The Balaban J connectivity index is 2.07. The van der Waals surface area contributed by atoms with Gasteiger partial charge in [0.1, 0.15) is 5.82 Å². The number of hydrogen-bond donors (Lipinski definition) is 2. The van der Waals surface area contributed by atoms with Crippen molar-refractivity contribution in [3.05, 3.63) is 46.6 Å². The molecule has 0 aliphatic carbocycles. The summed E-state index contributed by atoms with van der Waals surface area (Å²) in [4.78, 5) is 11.1. The van der Waals surface area contributed by atoms with Gasteiger partial charge in [-0.15, -0.1) is 0 Å². The van der Waals surface area contributed by atoms with Crippen LogP contribution in [0.15, 0.2) is 24.3 Å². The Hall–Kier alpha value is -2.30. The quantitative estimate of drug-likeness (QED) is 0.881. The standard InChI is InChI=1S/C15H17N3O2/c1-9-3-4-11(10(2)7-9)13-5-6-16-14-8-12(15(19)20)17-18(13)14/h3-4,7-8,13,16H,5-6H2,1-2H3,(H,19,20). The summed E-state index contributed by atoms with van der Waals surface area (Å²) in [6.07, 6.45) is 0.900. The van der Waals surface area contributed by atoms with Gasteiger partial charge in [0.25, 0.3) is 0 Å². The van der Waals surface area contributed by atoms with Crippen molar-refractivity contribution in [2.24, 2.45) is 0 Å². The van der Waals surface area contributed by atoms with Gasteiger partial charge >= 0.3 is 5.97 Å². The van der Waals surface area contributed by atoms with Gasteiger partial charge in [-0.3, -0.25) is 0 Å². The number of nitrogens with one attached hydrogen (secondary N) is 1. The smallest absolute Gasteiger partial charge is 0.356 e. The second kappa shape index (κ2) is 4.67. The van der Waals surface area contributed by atoms with Crippen LogP contribution in [-0.4, -0.2) is 27.4 Å². The molecule has 2 aromatic rings. The minimum atomic E-state index is -0.993. The number of anilines is 1. The van der Waals surface area contributed by atoms with Crippen LogP contribution >= 0.6 is 0 Å². The number of carbonyl (C=O) groups is 1. The summed E-state index contributed by atoms with van der Waals surface area (Å²) >= 11 is 0. The summed E-state index contributed by atoms with van der Waals surface area (Å²) in [5.74, 6) is -0.216. The lowest BCUT2D eigenvalue weighted by Crippen LogP contribution is -2.25. The van der Waals surface area contributed by atoms with Gasteiger partial charge in [0.2, 0.25) is 0 Å². The summed E-state index contributed by atoms with van der Waals surface area (Å²) in [5.41, 5.74) is 3.74. The van der Waals surface area contributed by atoms with Crippen LogP contribution in [0.2, 0.25) is 0 Å². The van der Waals surface area contributed by atoms with E-state index in [1.165, 1.54) is 16.7 Å². The topological polar surface area (TPSA) is 67.2 Å². The molecule has 0 amide bonds. The Morgan fingerprint density at radius 3 is 2.90 bits per heavy atom. The van der Waals surface area contributed by atoms with Gasteiger partial charge in [-0.2, -0.15) is 5.10 Å². The van der Waals surface area contributed by atoms with Crippen molar-refractivity contribution in [2.45, 2.75) is 26.3 Å². The van der Waals surface area contributed by atoms with E-state index in [1.54, 1.807) is 10.7 Å². The Labute approximate surface area is 117 Å². The van der Waals surface area contributed by atoms with E-state index in [0.29, 0.717) is 0 Å². The van der Waals surface area contributed by atoms with E-state index in [1.807, 2.05) is 0 Å². The van der Waals surface area contributed by atoms with E-state index in [-0.39, 0.29) is 11.7 Å². The van der Waals surface area contributed by atoms with Crippen LogP contribution in [0.3, 0.4) is 0 Å². The van der Waals surface area contributed by atoms with Gasteiger partial charge in [0.15, 0.2) is 5.69 Å². The van der Waals surface area contributed by atoms with Crippen molar-refractivity contribution >= 4 is 11.8 Å². The number of benzene rings is 1. The number of aryl methyl sites for hydroxylation is 2. The van der Waals surface area contributed by atoms with E-state index in [0.717, 1.165) is 18.8 Å². The first-order chi connectivity index (χ1) is 9.56. The van der Waals surface area contributed by atoms with Crippen molar-refractivity contribution in [3.63, 3.8) is 0 Å². The predicted octanol–water partition coefficient (Wildman–Crippen LogP) is 2.60. The molecule has 5 nitrogen and oxygen atoms in total. The number of carboxylic acid groups (broad SMARTS) is 1. The molecule has 0 fully saturated rings. The largest absolute Gasteiger partial charge is 0.476 e. The molecule has 1 aromatic carbocycles. The van der Waals surface area contributed by atoms with Crippen LogP contribution in [0.25, 0.3) is 0 Å². The van der Waals surface area contributed by atoms with E-state index in [2.05, 4.69) is 42.5 Å². The molecule has 0 saturated carbocycles. The summed E-state index contributed by atoms with van der Waals surface area (Å²) in [6.45, 7) is 4.98. The van der Waals surface area contributed by atoms with Gasteiger partial charge in [0, 0.05) is 12.6 Å². The highest BCUT2D eigenvalue weighted by molar-refractivity contribution is 5.86. The van der Waals surface area contributed by atoms with Crippen LogP contribution in [0, 0.1) is 13.8 Å². The molecule has 1 aliphatic heterocycles. The zero-order valence-corrected chi connectivity index (χ0v) is 11.6. The molecule has 2 N–H and O–H groups in total. The molecule has 1 aromatic heterocycles. The van der Waals surface area contributed by atoms with Crippen LogP contribution < -0.4 is 5.32 Å². The zero-order valence-electron chi connectivity index (χ0n) is 11.6. The molecule has 1 unspecified atom stereocenters. The van der Waals surface area contributed by atoms with E-state index in [4.69, 9.17) is 5.11 Å². The Morgan fingerprint density at radius 1 is 1.40 bits per heavy atom. The van der Waals surface area contributed by atoms with Crippen LogP contribution in [0.1, 0.15) is 39.6 Å². The zero-order chi connectivity index (χ0) is 14.3. The van der Waals surface area contributed by atoms with Gasteiger partial charge in [-0.1, -0.05) is 23.8 Å². The fourth-order valence-corrected chi connectivity index (χ4v) is 2.81. The van der Waals surface area contributed by atoms with Gasteiger partial charge in [-0.25, -0.2) is 9.48 Å². The lowest BCUT2D eigenvalue weighted by molar-refractivity contribution is 0.0689. The summed E-state index contributed by atoms with van der Waals surface area (Å²) in [7, 11) is 0. The molecule has 3 rings (SSSR count). The molecular weight excluding hydrogens is 254 g/mol. The second-order valence-electron chi connectivity index (χ2n) is 5.26. The number of aromatic nitrogens is 2. The number of rotatable bonds is 2. The predicted molar refractivity (Wildman–Crippen MR) is 76.3 cm³/mol. The molecule has 5 heteroatoms. The van der Waals surface area contributed by atoms with E-state index >= 15 is 0 Å². The third kappa shape index (κ3) is 2.05. The normalized spacial score (nSPS) is 17.4. The molecule has 1 atom stereocenters. The number of aromatic carboxylic acids is 1. The molecule has 1 aliphatic rings. The monoisotopic (exact) mass is 271 g/mol. The molecule has 0 radical (unpaired) electrons. The molecular formula is C15H17N3O2. The maximum atomic E-state index is 11.1. The highest BCUT2D eigenvalue weighted by atomic mass is 16.4. The third-order valence-corrected chi connectivity index (χ3v) is 3.76. The van der Waals surface area contributed by atoms with Crippen molar-refractivity contribution in [2.75, 3.05) is 11.9 Å². The minimum absolute atomic E-state index is 0.0872. The Kier molecular flexibility index (Phi) is 2.97. The lowest BCUT2D eigenvalue weighted by atomic mass is 9.96. The van der Waals surface area contributed by atoms with Crippen LogP contribution in [0.5, 0.6) is 0 Å². The van der Waals surface area contributed by atoms with E-state index in [9.17, 15) is 4.79 Å². The van der Waals surface area contributed by atoms with Gasteiger partial charge < -0.3 is 10.4 Å². The molecule has 104 valence electrons. The van der Waals surface area contributed by atoms with Crippen molar-refractivity contribution in [1.82, 2.24) is 9.78 Å². The lowest BCUT2D eigenvalue weighted by Gasteiger charge is -2.27. The van der Waals surface area contributed by atoms with Crippen molar-refractivity contribution < 1.29 is 9.90 Å². The third-order valence-electron chi connectivity index (χ3n) is 3.76. The highest BCUT2D eigenvalue weighted by Crippen LogP contribution is 2.31. The molecule has 0 spiro atoms. The summed E-state index contributed by atoms with van der Waals surface area (Å²) in [5, 5.41) is 16.5. The maximum Gasteiger partial charge on any atom is 0.356 e. The average molecular weight is 271 g/mol. The van der Waals surface area contributed by atoms with Crippen molar-refractivity contribution in [1.29, 1.82) is 0 Å². The Morgan fingerprint density at radius 2 is 2.20 bits per heavy atom. The first-order valence-corrected chi connectivity index (χ1v) is 6.70. The van der Waals surface area contributed by atoms with Gasteiger partial charge in [-0.05, 0) is 31.4 Å². The Bertz CT molecular complexity index is 676. The molecule has 20 heavy (non-hydrogen) atoms. The van der Waals surface area contributed by atoms with Gasteiger partial charge in [0.05, 0.1) is 6.04 Å². The number of carboxylic acids is 1. The molecule has 0 bridgehead atoms. The average Bonchev–Trinajstić information content (AvgIpc) is 2.83.